The summed E-state index contributed by atoms with van der Waals surface area (Å²) >= 11 is 5.73. The summed E-state index contributed by atoms with van der Waals surface area (Å²) in [4.78, 5) is 11.6. The number of carbonyl (C=O) groups is 1. The van der Waals surface area contributed by atoms with E-state index >= 15 is 0 Å². The van der Waals surface area contributed by atoms with Gasteiger partial charge >= 0.3 is 0 Å². The van der Waals surface area contributed by atoms with Crippen molar-refractivity contribution < 1.29 is 13.6 Å². The number of rotatable bonds is 3. The maximum atomic E-state index is 13.3. The third kappa shape index (κ3) is 3.90. The largest absolute Gasteiger partial charge is 0.320 e. The molecule has 2 rings (SSSR count). The van der Waals surface area contributed by atoms with E-state index in [4.69, 9.17) is 11.6 Å². The molecule has 20 heavy (non-hydrogen) atoms. The predicted octanol–water partition coefficient (Wildman–Crippen LogP) is 4.27. The minimum Gasteiger partial charge on any atom is -0.320 e. The molecule has 2 aromatic carbocycles. The zero-order valence-corrected chi connectivity index (χ0v) is 11.0. The number of nitrogens with one attached hydrogen (secondary N) is 1. The molecule has 0 aliphatic carbocycles. The lowest BCUT2D eigenvalue weighted by Gasteiger charge is -2.03. The minimum atomic E-state index is -0.695. The molecule has 5 heteroatoms. The van der Waals surface area contributed by atoms with Crippen LogP contribution < -0.4 is 5.32 Å². The van der Waals surface area contributed by atoms with Gasteiger partial charge in [0.2, 0.25) is 5.91 Å². The van der Waals surface area contributed by atoms with Gasteiger partial charge in [0.05, 0.1) is 5.69 Å². The van der Waals surface area contributed by atoms with Gasteiger partial charge < -0.3 is 5.32 Å². The summed E-state index contributed by atoms with van der Waals surface area (Å²) in [7, 11) is 0. The second kappa shape index (κ2) is 6.30. The number of halogens is 3. The van der Waals surface area contributed by atoms with Crippen molar-refractivity contribution in [1.29, 1.82) is 0 Å². The molecular weight excluding hydrogens is 284 g/mol. The average Bonchev–Trinajstić information content (AvgIpc) is 2.42. The molecule has 102 valence electrons. The molecule has 0 radical (unpaired) electrons. The van der Waals surface area contributed by atoms with Gasteiger partial charge in [-0.3, -0.25) is 4.79 Å². The molecule has 0 saturated carbocycles. The third-order valence-corrected chi connectivity index (χ3v) is 2.74. The average molecular weight is 294 g/mol. The maximum Gasteiger partial charge on any atom is 0.248 e. The first kappa shape index (κ1) is 14.2. The summed E-state index contributed by atoms with van der Waals surface area (Å²) in [6.07, 6.45) is 2.77. The predicted molar refractivity (Wildman–Crippen MR) is 75.5 cm³/mol. The molecule has 0 unspecified atom stereocenters. The summed E-state index contributed by atoms with van der Waals surface area (Å²) in [5.41, 5.74) is 0.569. The van der Waals surface area contributed by atoms with Crippen LogP contribution in [0.5, 0.6) is 0 Å². The smallest absolute Gasteiger partial charge is 0.248 e. The van der Waals surface area contributed by atoms with Gasteiger partial charge in [0.1, 0.15) is 11.6 Å². The van der Waals surface area contributed by atoms with E-state index in [0.717, 1.165) is 23.8 Å². The van der Waals surface area contributed by atoms with Gasteiger partial charge in [-0.25, -0.2) is 8.78 Å². The van der Waals surface area contributed by atoms with E-state index in [0.29, 0.717) is 5.02 Å². The van der Waals surface area contributed by atoms with E-state index < -0.39 is 17.5 Å². The summed E-state index contributed by atoms with van der Waals surface area (Å²) in [6.45, 7) is 0. The van der Waals surface area contributed by atoms with Crippen LogP contribution in [-0.2, 0) is 4.79 Å². The zero-order chi connectivity index (χ0) is 14.5. The van der Waals surface area contributed by atoms with Crippen LogP contribution in [0, 0.1) is 11.6 Å². The molecule has 0 atom stereocenters. The van der Waals surface area contributed by atoms with Crippen molar-refractivity contribution >= 4 is 29.3 Å². The SMILES string of the molecule is O=C(/C=C/c1ccc(Cl)cc1)Nc1cc(F)ccc1F. The highest BCUT2D eigenvalue weighted by molar-refractivity contribution is 6.30. The Kier molecular flexibility index (Phi) is 4.48. The van der Waals surface area contributed by atoms with Crippen LogP contribution in [0.2, 0.25) is 5.02 Å². The van der Waals surface area contributed by atoms with E-state index in [9.17, 15) is 13.6 Å². The molecule has 0 spiro atoms. The Morgan fingerprint density at radius 3 is 2.50 bits per heavy atom. The normalized spacial score (nSPS) is 10.8. The summed E-state index contributed by atoms with van der Waals surface area (Å²) in [6, 6.07) is 9.69. The van der Waals surface area contributed by atoms with Crippen molar-refractivity contribution in [2.45, 2.75) is 0 Å². The number of hydrogen-bond donors (Lipinski definition) is 1. The highest BCUT2D eigenvalue weighted by atomic mass is 35.5. The molecule has 2 aromatic rings. The van der Waals surface area contributed by atoms with Crippen molar-refractivity contribution in [2.24, 2.45) is 0 Å². The lowest BCUT2D eigenvalue weighted by molar-refractivity contribution is -0.111. The number of hydrogen-bond acceptors (Lipinski definition) is 1. The molecular formula is C15H10ClF2NO. The molecule has 0 aromatic heterocycles. The third-order valence-electron chi connectivity index (χ3n) is 2.48. The Hall–Kier alpha value is -2.20. The fourth-order valence-corrected chi connectivity index (χ4v) is 1.64. The summed E-state index contributed by atoms with van der Waals surface area (Å²) < 4.78 is 26.3. The van der Waals surface area contributed by atoms with Gasteiger partial charge in [-0.15, -0.1) is 0 Å². The number of amides is 1. The number of anilines is 1. The maximum absolute atomic E-state index is 13.3. The van der Waals surface area contributed by atoms with Gasteiger partial charge in [0.15, 0.2) is 0 Å². The standard InChI is InChI=1S/C15H10ClF2NO/c16-11-4-1-10(2-5-11)3-8-15(20)19-14-9-12(17)6-7-13(14)18/h1-9H,(H,19,20)/b8-3+. The molecule has 0 heterocycles. The van der Waals surface area contributed by atoms with Gasteiger partial charge in [-0.05, 0) is 35.9 Å². The van der Waals surface area contributed by atoms with Crippen molar-refractivity contribution in [3.8, 4) is 0 Å². The van der Waals surface area contributed by atoms with Crippen LogP contribution in [0.15, 0.2) is 48.5 Å². The van der Waals surface area contributed by atoms with Crippen molar-refractivity contribution in [2.75, 3.05) is 5.32 Å². The van der Waals surface area contributed by atoms with Crippen LogP contribution in [0.1, 0.15) is 5.56 Å². The minimum absolute atomic E-state index is 0.198. The van der Waals surface area contributed by atoms with E-state index in [1.807, 2.05) is 0 Å². The highest BCUT2D eigenvalue weighted by Crippen LogP contribution is 2.15. The second-order valence-corrected chi connectivity index (χ2v) is 4.43. The summed E-state index contributed by atoms with van der Waals surface area (Å²) in [5.74, 6) is -1.87. The quantitative estimate of drug-likeness (QED) is 0.841. The first-order valence-corrected chi connectivity index (χ1v) is 6.12. The number of benzene rings is 2. The van der Waals surface area contributed by atoms with Crippen molar-refractivity contribution in [1.82, 2.24) is 0 Å². The lowest BCUT2D eigenvalue weighted by Crippen LogP contribution is -2.09. The Labute approximate surface area is 119 Å². The molecule has 0 aliphatic heterocycles. The molecule has 0 bridgehead atoms. The Bertz CT molecular complexity index is 653. The van der Waals surface area contributed by atoms with Crippen LogP contribution in [-0.4, -0.2) is 5.91 Å². The first-order chi connectivity index (χ1) is 9.54. The van der Waals surface area contributed by atoms with Crippen LogP contribution in [0.3, 0.4) is 0 Å². The van der Waals surface area contributed by atoms with Crippen LogP contribution in [0.4, 0.5) is 14.5 Å². The van der Waals surface area contributed by atoms with Gasteiger partial charge in [-0.1, -0.05) is 23.7 Å². The van der Waals surface area contributed by atoms with E-state index in [1.165, 1.54) is 6.08 Å². The fourth-order valence-electron chi connectivity index (χ4n) is 1.51. The lowest BCUT2D eigenvalue weighted by atomic mass is 10.2. The zero-order valence-electron chi connectivity index (χ0n) is 10.2. The molecule has 0 saturated heterocycles. The second-order valence-electron chi connectivity index (χ2n) is 4.00. The fraction of sp³-hybridized carbons (Fsp3) is 0. The Balaban J connectivity index is 2.05. The first-order valence-electron chi connectivity index (χ1n) is 5.74. The Morgan fingerprint density at radius 2 is 1.80 bits per heavy atom. The highest BCUT2D eigenvalue weighted by Gasteiger charge is 2.05. The Morgan fingerprint density at radius 1 is 1.10 bits per heavy atom. The van der Waals surface area contributed by atoms with Crippen molar-refractivity contribution in [3.05, 3.63) is 70.8 Å². The molecule has 1 amide bonds. The van der Waals surface area contributed by atoms with Gasteiger partial charge in [0, 0.05) is 17.2 Å². The molecule has 0 aliphatic rings. The molecule has 0 fully saturated rings. The summed E-state index contributed by atoms with van der Waals surface area (Å²) in [5, 5.41) is 2.86. The van der Waals surface area contributed by atoms with Crippen molar-refractivity contribution in [3.63, 3.8) is 0 Å². The van der Waals surface area contributed by atoms with E-state index in [1.54, 1.807) is 30.3 Å². The number of carbonyl (C=O) groups excluding carboxylic acids is 1. The van der Waals surface area contributed by atoms with Gasteiger partial charge in [-0.2, -0.15) is 0 Å². The molecule has 2 nitrogen and oxygen atoms in total. The van der Waals surface area contributed by atoms with E-state index in [2.05, 4.69) is 5.32 Å². The van der Waals surface area contributed by atoms with Crippen LogP contribution in [0.25, 0.3) is 6.08 Å². The van der Waals surface area contributed by atoms with Gasteiger partial charge in [0.25, 0.3) is 0 Å². The molecule has 1 N–H and O–H groups in total. The van der Waals surface area contributed by atoms with E-state index in [-0.39, 0.29) is 5.69 Å². The monoisotopic (exact) mass is 293 g/mol. The van der Waals surface area contributed by atoms with Crippen LogP contribution >= 0.6 is 11.6 Å². The topological polar surface area (TPSA) is 29.1 Å².